The van der Waals surface area contributed by atoms with Crippen molar-refractivity contribution in [3.8, 4) is 45.3 Å². The zero-order valence-corrected chi connectivity index (χ0v) is 70.6. The second-order valence-electron chi connectivity index (χ2n) is 24.6. The summed E-state index contributed by atoms with van der Waals surface area (Å²) in [5.41, 5.74) is 19.1. The molecule has 531 valence electrons. The van der Waals surface area contributed by atoms with Gasteiger partial charge in [0.25, 0.3) is 0 Å². The summed E-state index contributed by atoms with van der Waals surface area (Å²) in [6.45, 7) is 0. The van der Waals surface area contributed by atoms with E-state index in [9.17, 15) is 0 Å². The molecule has 8 nitrogen and oxygen atoms in total. The van der Waals surface area contributed by atoms with Gasteiger partial charge < -0.3 is 23.5 Å². The van der Waals surface area contributed by atoms with Crippen LogP contribution in [-0.4, -0.2) is 38.5 Å². The molecular weight excluding hydrogens is 2250 g/mol. The van der Waals surface area contributed by atoms with Crippen LogP contribution < -0.4 is 0 Å². The first-order valence-electron chi connectivity index (χ1n) is 33.9. The molecule has 15 heteroatoms. The summed E-state index contributed by atoms with van der Waals surface area (Å²) < 4.78 is 10.6. The normalized spacial score (nSPS) is 10.8. The maximum atomic E-state index is 4.83. The van der Waals surface area contributed by atoms with Crippen LogP contribution in [0.5, 0.6) is 0 Å². The number of thiophene rings is 1. The minimum atomic E-state index is 0. The molecule has 108 heavy (non-hydrogen) atoms. The summed E-state index contributed by atoms with van der Waals surface area (Å²) in [5, 5.41) is 13.5. The number of nitrogens with zero attached hydrogens (tertiary/aromatic N) is 8. The van der Waals surface area contributed by atoms with Crippen LogP contribution in [-0.2, 0) is 101 Å². The van der Waals surface area contributed by atoms with Crippen molar-refractivity contribution in [2.45, 2.75) is 0 Å². The minimum absolute atomic E-state index is 0. The average Bonchev–Trinajstić information content (AvgIpc) is 1.48. The van der Waals surface area contributed by atoms with Crippen LogP contribution in [0.15, 0.2) is 345 Å². The predicted molar refractivity (Wildman–Crippen MR) is 430 cm³/mol. The van der Waals surface area contributed by atoms with Crippen molar-refractivity contribution in [2.24, 2.45) is 0 Å². The van der Waals surface area contributed by atoms with Gasteiger partial charge in [-0.05, 0) is 122 Å². The summed E-state index contributed by atoms with van der Waals surface area (Å²) in [6.07, 6.45) is 3.65. The Morgan fingerprint density at radius 1 is 0.315 bits per heavy atom. The molecule has 8 aromatic heterocycles. The molecule has 0 saturated heterocycles. The summed E-state index contributed by atoms with van der Waals surface area (Å²) in [6, 6.07) is 129. The van der Waals surface area contributed by atoms with Crippen LogP contribution in [0.25, 0.3) is 168 Å². The van der Waals surface area contributed by atoms with E-state index in [4.69, 9.17) is 9.97 Å². The number of aromatic nitrogens is 8. The molecule has 22 aromatic rings. The Labute approximate surface area is 698 Å². The number of pyridine rings is 3. The van der Waals surface area contributed by atoms with Gasteiger partial charge in [-0.3, -0.25) is 15.0 Å². The van der Waals surface area contributed by atoms with E-state index in [1.807, 2.05) is 169 Å². The summed E-state index contributed by atoms with van der Waals surface area (Å²) in [5.74, 6) is 0.919. The van der Waals surface area contributed by atoms with Gasteiger partial charge in [0.2, 0.25) is 0 Å². The van der Waals surface area contributed by atoms with Crippen LogP contribution in [0.4, 0.5) is 0 Å². The largest absolute Gasteiger partial charge is 0.351 e. The first kappa shape index (κ1) is 76.2. The summed E-state index contributed by atoms with van der Waals surface area (Å²) in [7, 11) is 0. The second-order valence-corrected chi connectivity index (χ2v) is 26.5. The number of imidazole rings is 2. The molecule has 0 N–H and O–H groups in total. The molecule has 0 amide bonds. The Bertz CT molecular complexity index is 6760. The first-order valence-corrected chi connectivity index (χ1v) is 35.6. The molecule has 0 spiro atoms. The van der Waals surface area contributed by atoms with Crippen LogP contribution in [0.1, 0.15) is 0 Å². The Morgan fingerprint density at radius 2 is 0.852 bits per heavy atom. The molecule has 0 fully saturated rings. The van der Waals surface area contributed by atoms with Crippen molar-refractivity contribution in [3.05, 3.63) is 376 Å². The standard InChI is InChI=1S/C23H15N2.C19H11N2.C19H13N2.C17H10NS.C15H8NS.5Ir/c1-2-8-18(9-3-1)25-22-12-5-4-10-19(22)20-16-17(13-14-23(20)25)21-11-6-7-15-24-21;1-2-9-15-13(7-1)14-8-3-5-11-17(14)21-18-12-6-4-10-16(18)20-19(15)21;1-3-9-15(10-4-1)19-20-17-13-7-8-14-18(17)21(19)16-11-5-2-6-12-16;1-2-10-16-12(6-1)13-7-5-8-14(17(13)19-16)15-9-3-4-11-18-15;1-3-7-12-10(5-1)11-6-2-4-8-13(11)15-14(12)16-9-17-15;;;;;/h1-12,14-16H;1-8,10-12H;1-9,11-14H;1-7,9-11H;1-6,8-9H;;;;;/q5*-1;;;;;. The molecule has 0 atom stereocenters. The molecule has 8 heterocycles. The van der Waals surface area contributed by atoms with E-state index in [0.717, 1.165) is 94.8 Å². The maximum Gasteiger partial charge on any atom is 0.0774 e. The number of hydrogen-bond acceptors (Lipinski definition) is 7. The van der Waals surface area contributed by atoms with Crippen molar-refractivity contribution in [1.29, 1.82) is 0 Å². The van der Waals surface area contributed by atoms with Gasteiger partial charge in [0.1, 0.15) is 0 Å². The van der Waals surface area contributed by atoms with Crippen molar-refractivity contribution < 1.29 is 101 Å². The van der Waals surface area contributed by atoms with E-state index in [1.54, 1.807) is 11.3 Å². The second kappa shape index (κ2) is 34.5. The third-order valence-electron chi connectivity index (χ3n) is 18.5. The number of benzene rings is 14. The van der Waals surface area contributed by atoms with Gasteiger partial charge in [-0.1, -0.05) is 191 Å². The molecule has 14 aromatic carbocycles. The SMILES string of the molecule is [Ir].[Ir].[Ir].[Ir].[Ir].[c-]1cc2c(cc1-c1ccccn1)c1ccccc1n2-c1ccccc1.[c-]1ccc2c(sc3ccccc32)c1-c1ccccn1.[c-]1cccc2c1c1nc3ccccc3n1c1ccccc21.[c-]1cccc2c1c1ncsc1c1ccccc21.[c-]1ccccc1-c1nc2ccccc2n1-c1ccccc1. The molecular formula is C93H57Ir5N8S2-5. The Kier molecular flexibility index (Phi) is 24.3. The molecule has 0 aliphatic carbocycles. The van der Waals surface area contributed by atoms with Crippen LogP contribution >= 0.6 is 22.7 Å². The minimum Gasteiger partial charge on any atom is -0.351 e. The van der Waals surface area contributed by atoms with E-state index in [0.29, 0.717) is 0 Å². The summed E-state index contributed by atoms with van der Waals surface area (Å²) >= 11 is 3.51. The van der Waals surface area contributed by atoms with Gasteiger partial charge in [-0.25, -0.2) is 0 Å². The van der Waals surface area contributed by atoms with Gasteiger partial charge in [0, 0.05) is 150 Å². The first-order chi connectivity index (χ1) is 51.2. The number of hydrogen-bond donors (Lipinski definition) is 0. The van der Waals surface area contributed by atoms with Crippen molar-refractivity contribution >= 4 is 146 Å². The average molecular weight is 2310 g/mol. The molecule has 0 aliphatic rings. The molecule has 0 saturated carbocycles. The third-order valence-corrected chi connectivity index (χ3v) is 20.6. The Hall–Kier alpha value is -10.0. The van der Waals surface area contributed by atoms with E-state index < -0.39 is 0 Å². The fourth-order valence-corrected chi connectivity index (χ4v) is 16.0. The maximum absolute atomic E-state index is 4.83. The molecule has 22 rings (SSSR count). The van der Waals surface area contributed by atoms with Crippen LogP contribution in [0, 0.1) is 30.3 Å². The van der Waals surface area contributed by atoms with Crippen LogP contribution in [0.3, 0.4) is 0 Å². The number of para-hydroxylation sites is 8. The van der Waals surface area contributed by atoms with Gasteiger partial charge in [-0.15, -0.1) is 154 Å². The van der Waals surface area contributed by atoms with E-state index in [1.165, 1.54) is 73.6 Å². The fraction of sp³-hybridized carbons (Fsp3) is 0. The molecule has 0 unspecified atom stereocenters. The fourth-order valence-electron chi connectivity index (χ4n) is 14.0. The van der Waals surface area contributed by atoms with E-state index in [2.05, 4.69) is 247 Å². The van der Waals surface area contributed by atoms with Gasteiger partial charge in [0.15, 0.2) is 0 Å². The van der Waals surface area contributed by atoms with Gasteiger partial charge in [-0.2, -0.15) is 11.3 Å². The Morgan fingerprint density at radius 3 is 1.55 bits per heavy atom. The van der Waals surface area contributed by atoms with Crippen LogP contribution in [0.2, 0.25) is 0 Å². The van der Waals surface area contributed by atoms with Crippen molar-refractivity contribution in [3.63, 3.8) is 0 Å². The zero-order valence-electron chi connectivity index (χ0n) is 57.0. The predicted octanol–water partition coefficient (Wildman–Crippen LogP) is 24.0. The van der Waals surface area contributed by atoms with E-state index in [-0.39, 0.29) is 101 Å². The third kappa shape index (κ3) is 14.7. The molecule has 0 aliphatic heterocycles. The number of fused-ring (bicyclic) bond motifs is 21. The quantitative estimate of drug-likeness (QED) is 0.127. The Balaban J connectivity index is 0.000000118. The van der Waals surface area contributed by atoms with Gasteiger partial charge >= 0.3 is 0 Å². The topological polar surface area (TPSA) is 78.7 Å². The molecule has 5 radical (unpaired) electrons. The number of rotatable bonds is 5. The van der Waals surface area contributed by atoms with Crippen molar-refractivity contribution in [2.75, 3.05) is 0 Å². The smallest absolute Gasteiger partial charge is 0.0774 e. The molecule has 0 bridgehead atoms. The van der Waals surface area contributed by atoms with E-state index >= 15 is 0 Å². The van der Waals surface area contributed by atoms with Gasteiger partial charge in [0.05, 0.1) is 39.0 Å². The van der Waals surface area contributed by atoms with Crippen molar-refractivity contribution in [1.82, 2.24) is 38.5 Å². The zero-order chi connectivity index (χ0) is 68.4. The summed E-state index contributed by atoms with van der Waals surface area (Å²) in [4.78, 5) is 23.0. The number of thiazole rings is 1. The monoisotopic (exact) mass is 2310 g/mol.